The molecule has 11 nitrogen and oxygen atoms in total. The number of urea groups is 1. The molecule has 4 amide bonds. The number of hydroxylamine groups is 3. The van der Waals surface area contributed by atoms with Gasteiger partial charge in [0, 0.05) is 6.42 Å². The highest BCUT2D eigenvalue weighted by molar-refractivity contribution is 5.91. The van der Waals surface area contributed by atoms with Crippen LogP contribution in [0.3, 0.4) is 0 Å². The number of amides is 4. The maximum absolute atomic E-state index is 13.3. The molecule has 27 heavy (non-hydrogen) atoms. The lowest BCUT2D eigenvalue weighted by molar-refractivity contribution is -0.219. The van der Waals surface area contributed by atoms with E-state index in [0.29, 0.717) is 23.5 Å². The van der Waals surface area contributed by atoms with Crippen molar-refractivity contribution in [1.29, 1.82) is 0 Å². The van der Waals surface area contributed by atoms with Crippen LogP contribution in [0.1, 0.15) is 19.8 Å². The highest BCUT2D eigenvalue weighted by Gasteiger charge is 2.48. The molecule has 3 heterocycles. The van der Waals surface area contributed by atoms with Gasteiger partial charge in [0.25, 0.3) is 5.91 Å². The third-order valence-electron chi connectivity index (χ3n) is 4.51. The number of carboxylic acids is 1. The fraction of sp³-hybridized carbons (Fsp3) is 0.600. The first-order valence-corrected chi connectivity index (χ1v) is 8.30. The van der Waals surface area contributed by atoms with Crippen LogP contribution >= 0.6 is 0 Å². The molecule has 0 aliphatic carbocycles. The van der Waals surface area contributed by atoms with E-state index in [9.17, 15) is 23.6 Å². The molecule has 0 radical (unpaired) electrons. The Hall–Kier alpha value is -2.73. The maximum atomic E-state index is 13.3. The number of hydrogen-bond acceptors (Lipinski definition) is 6. The molecule has 2 bridgehead atoms. The lowest BCUT2D eigenvalue weighted by Gasteiger charge is -2.28. The van der Waals surface area contributed by atoms with Crippen molar-refractivity contribution in [2.75, 3.05) is 13.2 Å². The molecule has 0 spiro atoms. The number of hydrogen-bond donors (Lipinski definition) is 3. The summed E-state index contributed by atoms with van der Waals surface area (Å²) < 4.78 is 13.3. The van der Waals surface area contributed by atoms with Gasteiger partial charge >= 0.3 is 18.4 Å². The quantitative estimate of drug-likeness (QED) is 0.379. The van der Waals surface area contributed by atoms with Gasteiger partial charge in [0.05, 0.1) is 25.2 Å². The molecule has 4 atom stereocenters. The van der Waals surface area contributed by atoms with Crippen LogP contribution in [0.4, 0.5) is 9.18 Å². The Labute approximate surface area is 153 Å². The monoisotopic (exact) mass is 386 g/mol. The van der Waals surface area contributed by atoms with Crippen LogP contribution in [-0.4, -0.2) is 76.5 Å². The fourth-order valence-corrected chi connectivity index (χ4v) is 3.29. The first kappa shape index (κ1) is 19.0. The summed E-state index contributed by atoms with van der Waals surface area (Å²) in [6, 6.07) is -2.71. The summed E-state index contributed by atoms with van der Waals surface area (Å²) in [4.78, 5) is 57.4. The smallest absolute Gasteiger partial charge is 0.368 e. The van der Waals surface area contributed by atoms with Crippen LogP contribution in [0.2, 0.25) is 0 Å². The van der Waals surface area contributed by atoms with Gasteiger partial charge < -0.3 is 15.3 Å². The Morgan fingerprint density at radius 2 is 2.22 bits per heavy atom. The Balaban J connectivity index is 1.59. The van der Waals surface area contributed by atoms with E-state index >= 15 is 0 Å². The van der Waals surface area contributed by atoms with Crippen molar-refractivity contribution < 1.29 is 38.4 Å². The summed E-state index contributed by atoms with van der Waals surface area (Å²) in [7, 11) is 0. The second-order valence-electron chi connectivity index (χ2n) is 6.48. The number of carbonyl (C=O) groups excluding carboxylic acids is 3. The minimum atomic E-state index is -2.69. The molecule has 3 aliphatic rings. The second-order valence-corrected chi connectivity index (χ2v) is 6.48. The lowest BCUT2D eigenvalue weighted by Crippen LogP contribution is -2.50. The number of carboxylic acid groups (broad SMARTS) is 1. The van der Waals surface area contributed by atoms with Crippen molar-refractivity contribution in [2.45, 2.75) is 44.2 Å². The zero-order valence-corrected chi connectivity index (χ0v) is 14.4. The van der Waals surface area contributed by atoms with Crippen LogP contribution in [0.15, 0.2) is 11.6 Å². The fourth-order valence-electron chi connectivity index (χ4n) is 3.29. The van der Waals surface area contributed by atoms with E-state index in [1.807, 2.05) is 0 Å². The normalized spacial score (nSPS) is 28.1. The van der Waals surface area contributed by atoms with Gasteiger partial charge in [0.2, 0.25) is 5.91 Å². The molecule has 12 heteroatoms. The molecule has 0 aromatic heterocycles. The molecule has 2 saturated heterocycles. The predicted octanol–water partition coefficient (Wildman–Crippen LogP) is -0.941. The van der Waals surface area contributed by atoms with E-state index in [2.05, 4.69) is 15.6 Å². The van der Waals surface area contributed by atoms with Gasteiger partial charge in [-0.15, -0.1) is 0 Å². The minimum Gasteiger partial charge on any atom is -0.477 e. The van der Waals surface area contributed by atoms with E-state index in [0.717, 1.165) is 4.90 Å². The van der Waals surface area contributed by atoms with E-state index in [1.165, 1.54) is 6.08 Å². The average Bonchev–Trinajstić information content (AvgIpc) is 3.11. The SMILES string of the molecule is CC1=C[C@@H]2CN(C(=O)N2OC(F)C(=O)O)[C@@H]1C(=O)NOCC1CCC(=O)N1. The number of fused-ring (bicyclic) bond motifs is 2. The summed E-state index contributed by atoms with van der Waals surface area (Å²) in [6.45, 7) is 1.74. The molecule has 0 saturated carbocycles. The topological polar surface area (TPSA) is 138 Å². The van der Waals surface area contributed by atoms with E-state index in [4.69, 9.17) is 9.94 Å². The van der Waals surface area contributed by atoms with Crippen LogP contribution in [0, 0.1) is 0 Å². The van der Waals surface area contributed by atoms with Crippen molar-refractivity contribution in [3.05, 3.63) is 11.6 Å². The number of halogens is 1. The molecule has 148 valence electrons. The summed E-state index contributed by atoms with van der Waals surface area (Å²) in [6.07, 6.45) is -0.153. The number of aliphatic carboxylic acids is 1. The Morgan fingerprint density at radius 1 is 1.48 bits per heavy atom. The Bertz CT molecular complexity index is 700. The zero-order valence-electron chi connectivity index (χ0n) is 14.4. The van der Waals surface area contributed by atoms with E-state index < -0.39 is 36.3 Å². The third-order valence-corrected chi connectivity index (χ3v) is 4.51. The predicted molar refractivity (Wildman–Crippen MR) is 84.2 cm³/mol. The van der Waals surface area contributed by atoms with Gasteiger partial charge in [0.1, 0.15) is 6.04 Å². The van der Waals surface area contributed by atoms with Gasteiger partial charge in [-0.1, -0.05) is 6.08 Å². The highest BCUT2D eigenvalue weighted by atomic mass is 19.1. The number of carbonyl (C=O) groups is 4. The third kappa shape index (κ3) is 3.85. The molecule has 3 aliphatic heterocycles. The van der Waals surface area contributed by atoms with Crippen LogP contribution in [0.5, 0.6) is 0 Å². The van der Waals surface area contributed by atoms with Crippen LogP contribution in [0.25, 0.3) is 0 Å². The van der Waals surface area contributed by atoms with Crippen molar-refractivity contribution in [1.82, 2.24) is 20.8 Å². The molecular formula is C15H19FN4O7. The number of rotatable bonds is 7. The molecule has 0 aromatic rings. The molecule has 2 fully saturated rings. The number of nitrogens with zero attached hydrogens (tertiary/aromatic N) is 2. The summed E-state index contributed by atoms with van der Waals surface area (Å²) in [5.74, 6) is -2.55. The summed E-state index contributed by atoms with van der Waals surface area (Å²) in [5.41, 5.74) is 2.76. The van der Waals surface area contributed by atoms with Gasteiger partial charge in [-0.25, -0.2) is 24.3 Å². The van der Waals surface area contributed by atoms with Gasteiger partial charge in [-0.05, 0) is 18.9 Å². The summed E-state index contributed by atoms with van der Waals surface area (Å²) >= 11 is 0. The Kier molecular flexibility index (Phi) is 5.28. The van der Waals surface area contributed by atoms with Crippen molar-refractivity contribution in [2.24, 2.45) is 0 Å². The van der Waals surface area contributed by atoms with E-state index in [-0.39, 0.29) is 25.1 Å². The lowest BCUT2D eigenvalue weighted by atomic mass is 10.0. The molecule has 2 unspecified atom stereocenters. The highest BCUT2D eigenvalue weighted by Crippen LogP contribution is 2.30. The van der Waals surface area contributed by atoms with Crippen molar-refractivity contribution in [3.63, 3.8) is 0 Å². The van der Waals surface area contributed by atoms with Crippen molar-refractivity contribution in [3.8, 4) is 0 Å². The minimum absolute atomic E-state index is 0.0410. The zero-order chi connectivity index (χ0) is 19.7. The van der Waals surface area contributed by atoms with Crippen molar-refractivity contribution >= 4 is 23.8 Å². The molecular weight excluding hydrogens is 367 g/mol. The van der Waals surface area contributed by atoms with Gasteiger partial charge in [-0.2, -0.15) is 5.06 Å². The molecule has 3 rings (SSSR count). The average molecular weight is 386 g/mol. The summed E-state index contributed by atoms with van der Waals surface area (Å²) in [5, 5.41) is 11.9. The largest absolute Gasteiger partial charge is 0.477 e. The molecule has 0 aromatic carbocycles. The standard InChI is InChI=1S/C15H19FN4O7/c1-7-4-9-5-19(15(25)20(9)27-12(16)14(23)24)11(7)13(22)18-26-6-8-2-3-10(21)17-8/h4,8-9,11-12H,2-3,5-6H2,1H3,(H,17,21)(H,18,22)(H,23,24)/t8?,9-,11+,12?/m1/s1. The van der Waals surface area contributed by atoms with E-state index in [1.54, 1.807) is 6.92 Å². The second kappa shape index (κ2) is 7.48. The number of alkyl halides is 1. The van der Waals surface area contributed by atoms with Crippen LogP contribution < -0.4 is 10.8 Å². The maximum Gasteiger partial charge on any atom is 0.368 e. The Morgan fingerprint density at radius 3 is 2.85 bits per heavy atom. The van der Waals surface area contributed by atoms with Crippen LogP contribution in [-0.2, 0) is 24.1 Å². The number of nitrogens with one attached hydrogen (secondary N) is 2. The first-order valence-electron chi connectivity index (χ1n) is 8.30. The van der Waals surface area contributed by atoms with Gasteiger partial charge in [0.15, 0.2) is 0 Å². The van der Waals surface area contributed by atoms with Gasteiger partial charge in [-0.3, -0.25) is 14.4 Å². The first-order chi connectivity index (χ1) is 12.8. The molecule has 3 N–H and O–H groups in total.